The third kappa shape index (κ3) is 3.18. The van der Waals surface area contributed by atoms with Crippen molar-refractivity contribution in [2.75, 3.05) is 11.9 Å². The van der Waals surface area contributed by atoms with E-state index in [1.54, 1.807) is 19.1 Å². The van der Waals surface area contributed by atoms with Gasteiger partial charge in [0.2, 0.25) is 17.7 Å². The molecule has 0 bridgehead atoms. The van der Waals surface area contributed by atoms with Gasteiger partial charge in [-0.05, 0) is 37.5 Å². The van der Waals surface area contributed by atoms with E-state index in [0.29, 0.717) is 0 Å². The zero-order chi connectivity index (χ0) is 17.3. The first-order valence-corrected chi connectivity index (χ1v) is 8.38. The number of amides is 3. The van der Waals surface area contributed by atoms with Crippen molar-refractivity contribution >= 4 is 23.4 Å². The number of carbonyl (C=O) groups excluding carboxylic acids is 3. The third-order valence-corrected chi connectivity index (χ3v) is 4.89. The molecule has 3 amide bonds. The minimum absolute atomic E-state index is 0.0235. The Balaban J connectivity index is 1.59. The molecule has 2 aliphatic rings. The molecule has 24 heavy (non-hydrogen) atoms. The number of hydrogen-bond donors (Lipinski definition) is 1. The first kappa shape index (κ1) is 16.6. The largest absolute Gasteiger partial charge is 0.324 e. The van der Waals surface area contributed by atoms with Gasteiger partial charge in [-0.2, -0.15) is 0 Å². The number of rotatable bonds is 4. The van der Waals surface area contributed by atoms with Crippen LogP contribution in [-0.2, 0) is 14.4 Å². The number of carbonyl (C=O) groups is 3. The molecule has 0 aromatic heterocycles. The lowest BCUT2D eigenvalue weighted by Crippen LogP contribution is -2.34. The number of halogens is 1. The minimum atomic E-state index is -0.506. The fourth-order valence-electron chi connectivity index (χ4n) is 3.61. The number of anilines is 1. The van der Waals surface area contributed by atoms with E-state index in [0.717, 1.165) is 31.2 Å². The molecule has 1 aromatic rings. The molecule has 5 nitrogen and oxygen atoms in total. The van der Waals surface area contributed by atoms with Crippen molar-refractivity contribution in [1.29, 1.82) is 0 Å². The van der Waals surface area contributed by atoms with Crippen LogP contribution in [0.15, 0.2) is 18.2 Å². The summed E-state index contributed by atoms with van der Waals surface area (Å²) in [5.41, 5.74) is 0.952. The molecule has 1 aromatic carbocycles. The summed E-state index contributed by atoms with van der Waals surface area (Å²) in [6.07, 6.45) is 3.44. The third-order valence-electron chi connectivity index (χ3n) is 4.89. The normalized spacial score (nSPS) is 23.3. The van der Waals surface area contributed by atoms with E-state index in [4.69, 9.17) is 0 Å². The maximum Gasteiger partial charge on any atom is 0.233 e. The predicted molar refractivity (Wildman–Crippen MR) is 86.6 cm³/mol. The van der Waals surface area contributed by atoms with Crippen LogP contribution in [0.2, 0.25) is 0 Å². The van der Waals surface area contributed by atoms with Crippen molar-refractivity contribution in [3.63, 3.8) is 0 Å². The molecule has 6 heteroatoms. The summed E-state index contributed by atoms with van der Waals surface area (Å²) >= 11 is 0. The fourth-order valence-corrected chi connectivity index (χ4v) is 3.61. The molecule has 1 saturated heterocycles. The monoisotopic (exact) mass is 332 g/mol. The van der Waals surface area contributed by atoms with Gasteiger partial charge in [-0.1, -0.05) is 18.9 Å². The summed E-state index contributed by atoms with van der Waals surface area (Å²) in [6.45, 7) is 1.86. The SMILES string of the molecule is Cc1ccc(F)c(NC(=O)CCN2C(=O)[C@@H]3CCCC[C@H]3C2=O)c1. The molecule has 2 atom stereocenters. The molecule has 2 fully saturated rings. The molecular formula is C18H21FN2O3. The number of benzene rings is 1. The van der Waals surface area contributed by atoms with E-state index in [-0.39, 0.29) is 42.3 Å². The second-order valence-electron chi connectivity index (χ2n) is 6.61. The van der Waals surface area contributed by atoms with E-state index in [2.05, 4.69) is 5.32 Å². The Kier molecular flexibility index (Phi) is 4.64. The summed E-state index contributed by atoms with van der Waals surface area (Å²) in [7, 11) is 0. The van der Waals surface area contributed by atoms with Crippen molar-refractivity contribution in [3.05, 3.63) is 29.6 Å². The average molecular weight is 332 g/mol. The highest BCUT2D eigenvalue weighted by Crippen LogP contribution is 2.37. The Morgan fingerprint density at radius 2 is 1.83 bits per heavy atom. The first-order chi connectivity index (χ1) is 11.5. The lowest BCUT2D eigenvalue weighted by atomic mass is 9.81. The van der Waals surface area contributed by atoms with Crippen LogP contribution in [0.5, 0.6) is 0 Å². The Hall–Kier alpha value is -2.24. The summed E-state index contributed by atoms with van der Waals surface area (Å²) in [4.78, 5) is 37.9. The van der Waals surface area contributed by atoms with Crippen molar-refractivity contribution < 1.29 is 18.8 Å². The van der Waals surface area contributed by atoms with Crippen LogP contribution in [-0.4, -0.2) is 29.2 Å². The minimum Gasteiger partial charge on any atom is -0.324 e. The Labute approximate surface area is 140 Å². The van der Waals surface area contributed by atoms with Gasteiger partial charge in [-0.15, -0.1) is 0 Å². The maximum atomic E-state index is 13.7. The average Bonchev–Trinajstić information content (AvgIpc) is 2.81. The standard InChI is InChI=1S/C18H21FN2O3/c1-11-6-7-14(19)15(10-11)20-16(22)8-9-21-17(23)12-4-2-3-5-13(12)18(21)24/h6-7,10,12-13H,2-5,8-9H2,1H3,(H,20,22)/t12-,13-/m1/s1. The van der Waals surface area contributed by atoms with Gasteiger partial charge in [0.25, 0.3) is 0 Å². The topological polar surface area (TPSA) is 66.5 Å². The Bertz CT molecular complexity index is 665. The molecular weight excluding hydrogens is 311 g/mol. The smallest absolute Gasteiger partial charge is 0.233 e. The second kappa shape index (κ2) is 6.71. The van der Waals surface area contributed by atoms with Gasteiger partial charge in [0, 0.05) is 13.0 Å². The van der Waals surface area contributed by atoms with Crippen LogP contribution < -0.4 is 5.32 Å². The lowest BCUT2D eigenvalue weighted by Gasteiger charge is -2.19. The number of nitrogens with one attached hydrogen (secondary N) is 1. The maximum absolute atomic E-state index is 13.7. The Morgan fingerprint density at radius 3 is 2.46 bits per heavy atom. The molecule has 1 N–H and O–H groups in total. The zero-order valence-corrected chi connectivity index (χ0v) is 13.7. The number of fused-ring (bicyclic) bond motifs is 1. The highest BCUT2D eigenvalue weighted by molar-refractivity contribution is 6.05. The lowest BCUT2D eigenvalue weighted by molar-refractivity contribution is -0.140. The predicted octanol–water partition coefficient (Wildman–Crippen LogP) is 2.64. The van der Waals surface area contributed by atoms with Crippen molar-refractivity contribution in [1.82, 2.24) is 4.90 Å². The fraction of sp³-hybridized carbons (Fsp3) is 0.500. The van der Waals surface area contributed by atoms with Gasteiger partial charge < -0.3 is 5.32 Å². The summed E-state index contributed by atoms with van der Waals surface area (Å²) in [5, 5.41) is 2.50. The first-order valence-electron chi connectivity index (χ1n) is 8.38. The van der Waals surface area contributed by atoms with Crippen LogP contribution in [0, 0.1) is 24.6 Å². The van der Waals surface area contributed by atoms with Crippen molar-refractivity contribution in [3.8, 4) is 0 Å². The van der Waals surface area contributed by atoms with E-state index in [9.17, 15) is 18.8 Å². The van der Waals surface area contributed by atoms with E-state index in [1.807, 2.05) is 0 Å². The van der Waals surface area contributed by atoms with E-state index >= 15 is 0 Å². The molecule has 3 rings (SSSR count). The van der Waals surface area contributed by atoms with E-state index < -0.39 is 11.7 Å². The second-order valence-corrected chi connectivity index (χ2v) is 6.61. The van der Waals surface area contributed by atoms with Crippen LogP contribution in [0.1, 0.15) is 37.7 Å². The molecule has 1 heterocycles. The zero-order valence-electron chi connectivity index (χ0n) is 13.7. The van der Waals surface area contributed by atoms with Crippen molar-refractivity contribution in [2.24, 2.45) is 11.8 Å². The molecule has 0 spiro atoms. The van der Waals surface area contributed by atoms with Crippen LogP contribution in [0.3, 0.4) is 0 Å². The van der Waals surface area contributed by atoms with Gasteiger partial charge in [0.05, 0.1) is 17.5 Å². The van der Waals surface area contributed by atoms with Gasteiger partial charge in [0.15, 0.2) is 0 Å². The van der Waals surface area contributed by atoms with Crippen molar-refractivity contribution in [2.45, 2.75) is 39.0 Å². The van der Waals surface area contributed by atoms with Gasteiger partial charge in [-0.25, -0.2) is 4.39 Å². The molecule has 1 aliphatic carbocycles. The number of aryl methyl sites for hydroxylation is 1. The number of nitrogens with zero attached hydrogens (tertiary/aromatic N) is 1. The highest BCUT2D eigenvalue weighted by Gasteiger charge is 2.47. The van der Waals surface area contributed by atoms with Gasteiger partial charge >= 0.3 is 0 Å². The Morgan fingerprint density at radius 1 is 1.21 bits per heavy atom. The highest BCUT2D eigenvalue weighted by atomic mass is 19.1. The van der Waals surface area contributed by atoms with Gasteiger partial charge in [-0.3, -0.25) is 19.3 Å². The quantitative estimate of drug-likeness (QED) is 0.862. The summed E-state index contributed by atoms with van der Waals surface area (Å²) in [6, 6.07) is 4.46. The molecule has 128 valence electrons. The molecule has 0 unspecified atom stereocenters. The number of likely N-dealkylation sites (tertiary alicyclic amines) is 1. The number of imide groups is 1. The summed E-state index contributed by atoms with van der Waals surface area (Å²) < 4.78 is 13.7. The number of hydrogen-bond acceptors (Lipinski definition) is 3. The van der Waals surface area contributed by atoms with Crippen LogP contribution >= 0.6 is 0 Å². The molecule has 0 radical (unpaired) electrons. The van der Waals surface area contributed by atoms with Crippen LogP contribution in [0.25, 0.3) is 0 Å². The van der Waals surface area contributed by atoms with E-state index in [1.165, 1.54) is 11.0 Å². The van der Waals surface area contributed by atoms with Gasteiger partial charge in [0.1, 0.15) is 5.82 Å². The molecule has 1 aliphatic heterocycles. The summed E-state index contributed by atoms with van der Waals surface area (Å²) in [5.74, 6) is -1.63. The molecule has 1 saturated carbocycles. The van der Waals surface area contributed by atoms with Crippen LogP contribution in [0.4, 0.5) is 10.1 Å².